The van der Waals surface area contributed by atoms with Crippen LogP contribution in [0.2, 0.25) is 0 Å². The van der Waals surface area contributed by atoms with Crippen LogP contribution in [0.1, 0.15) is 41.7 Å². The van der Waals surface area contributed by atoms with Gasteiger partial charge in [0.2, 0.25) is 5.95 Å². The fourth-order valence-electron chi connectivity index (χ4n) is 3.13. The summed E-state index contributed by atoms with van der Waals surface area (Å²) < 4.78 is 66.6. The zero-order valence-corrected chi connectivity index (χ0v) is 14.6. The molecule has 1 amide bonds. The number of halogens is 5. The molecule has 0 atom stereocenters. The number of carbonyl (C=O) groups excluding carboxylic acids is 1. The average Bonchev–Trinajstić information content (AvgIpc) is 3.11. The number of amides is 1. The summed E-state index contributed by atoms with van der Waals surface area (Å²) in [5.74, 6) is -3.03. The van der Waals surface area contributed by atoms with Gasteiger partial charge in [0.05, 0.1) is 5.56 Å². The largest absolute Gasteiger partial charge is 0.434 e. The molecule has 1 aliphatic rings. The zero-order valence-electron chi connectivity index (χ0n) is 14.6. The molecule has 2 aromatic rings. The third-order valence-electron chi connectivity index (χ3n) is 4.45. The van der Waals surface area contributed by atoms with Crippen molar-refractivity contribution in [2.24, 2.45) is 5.92 Å². The van der Waals surface area contributed by atoms with Crippen LogP contribution in [0.25, 0.3) is 0 Å². The summed E-state index contributed by atoms with van der Waals surface area (Å²) in [5, 5.41) is 4.81. The molecule has 0 saturated heterocycles. The van der Waals surface area contributed by atoms with Gasteiger partial charge in [-0.1, -0.05) is 12.8 Å². The molecule has 150 valence electrons. The van der Waals surface area contributed by atoms with Crippen LogP contribution < -0.4 is 10.6 Å². The summed E-state index contributed by atoms with van der Waals surface area (Å²) in [7, 11) is 0. The lowest BCUT2D eigenvalue weighted by molar-refractivity contribution is -0.141. The van der Waals surface area contributed by atoms with Crippen molar-refractivity contribution in [1.82, 2.24) is 15.3 Å². The Morgan fingerprint density at radius 2 is 1.75 bits per heavy atom. The van der Waals surface area contributed by atoms with E-state index in [9.17, 15) is 26.7 Å². The first-order chi connectivity index (χ1) is 13.2. The lowest BCUT2D eigenvalue weighted by Crippen LogP contribution is -2.31. The second-order valence-electron chi connectivity index (χ2n) is 6.60. The molecule has 1 fully saturated rings. The second kappa shape index (κ2) is 8.07. The number of hydrogen-bond donors (Lipinski definition) is 2. The zero-order chi connectivity index (χ0) is 20.3. The number of rotatable bonds is 5. The Hall–Kier alpha value is -2.78. The summed E-state index contributed by atoms with van der Waals surface area (Å²) in [6, 6.07) is 2.37. The SMILES string of the molecule is O=C(NCC1CCCC1)c1cnc(Nc2cc(F)cc(F)c2)nc1C(F)(F)F. The number of aromatic nitrogens is 2. The van der Waals surface area contributed by atoms with Crippen molar-refractivity contribution in [1.29, 1.82) is 0 Å². The third kappa shape index (κ3) is 4.93. The van der Waals surface area contributed by atoms with Crippen molar-refractivity contribution in [2.75, 3.05) is 11.9 Å². The minimum Gasteiger partial charge on any atom is -0.352 e. The van der Waals surface area contributed by atoms with Crippen molar-refractivity contribution in [2.45, 2.75) is 31.9 Å². The van der Waals surface area contributed by atoms with Crippen LogP contribution in [0.5, 0.6) is 0 Å². The van der Waals surface area contributed by atoms with Gasteiger partial charge in [0, 0.05) is 24.5 Å². The van der Waals surface area contributed by atoms with Gasteiger partial charge >= 0.3 is 6.18 Å². The predicted molar refractivity (Wildman–Crippen MR) is 91.0 cm³/mol. The van der Waals surface area contributed by atoms with Gasteiger partial charge in [-0.15, -0.1) is 0 Å². The highest BCUT2D eigenvalue weighted by atomic mass is 19.4. The van der Waals surface area contributed by atoms with E-state index >= 15 is 0 Å². The number of carbonyl (C=O) groups is 1. The molecule has 28 heavy (non-hydrogen) atoms. The van der Waals surface area contributed by atoms with Gasteiger partial charge in [0.25, 0.3) is 5.91 Å². The maximum Gasteiger partial charge on any atom is 0.434 e. The molecule has 1 heterocycles. The normalized spacial score (nSPS) is 14.9. The highest BCUT2D eigenvalue weighted by molar-refractivity contribution is 5.95. The van der Waals surface area contributed by atoms with Gasteiger partial charge < -0.3 is 10.6 Å². The van der Waals surface area contributed by atoms with E-state index in [0.29, 0.717) is 12.6 Å². The first-order valence-electron chi connectivity index (χ1n) is 8.68. The van der Waals surface area contributed by atoms with Gasteiger partial charge in [0.1, 0.15) is 11.6 Å². The topological polar surface area (TPSA) is 66.9 Å². The summed E-state index contributed by atoms with van der Waals surface area (Å²) in [5.41, 5.74) is -2.30. The van der Waals surface area contributed by atoms with Crippen molar-refractivity contribution in [3.63, 3.8) is 0 Å². The monoisotopic (exact) mass is 400 g/mol. The number of hydrogen-bond acceptors (Lipinski definition) is 4. The smallest absolute Gasteiger partial charge is 0.352 e. The maximum atomic E-state index is 13.4. The van der Waals surface area contributed by atoms with E-state index in [1.54, 1.807) is 0 Å². The molecule has 1 aliphatic carbocycles. The highest BCUT2D eigenvalue weighted by Crippen LogP contribution is 2.31. The Bertz CT molecular complexity index is 845. The second-order valence-corrected chi connectivity index (χ2v) is 6.60. The van der Waals surface area contributed by atoms with E-state index in [4.69, 9.17) is 0 Å². The molecule has 0 bridgehead atoms. The van der Waals surface area contributed by atoms with Crippen LogP contribution in [0.3, 0.4) is 0 Å². The van der Waals surface area contributed by atoms with E-state index in [-0.39, 0.29) is 11.6 Å². The molecule has 1 aromatic carbocycles. The summed E-state index contributed by atoms with van der Waals surface area (Å²) >= 11 is 0. The van der Waals surface area contributed by atoms with Crippen LogP contribution in [0.4, 0.5) is 33.6 Å². The van der Waals surface area contributed by atoms with Gasteiger partial charge in [-0.3, -0.25) is 4.79 Å². The predicted octanol–water partition coefficient (Wildman–Crippen LogP) is 4.44. The molecule has 0 radical (unpaired) electrons. The number of nitrogens with zero attached hydrogens (tertiary/aromatic N) is 2. The first-order valence-corrected chi connectivity index (χ1v) is 8.68. The molecule has 1 aromatic heterocycles. The van der Waals surface area contributed by atoms with Crippen LogP contribution in [0, 0.1) is 17.6 Å². The number of nitrogens with one attached hydrogen (secondary N) is 2. The van der Waals surface area contributed by atoms with Crippen molar-refractivity contribution in [3.05, 3.63) is 47.3 Å². The first kappa shape index (κ1) is 20.0. The Labute approximate surface area is 157 Å². The van der Waals surface area contributed by atoms with Gasteiger partial charge in [-0.2, -0.15) is 13.2 Å². The van der Waals surface area contributed by atoms with Gasteiger partial charge in [0.15, 0.2) is 5.69 Å². The molecule has 0 spiro atoms. The Morgan fingerprint density at radius 1 is 1.11 bits per heavy atom. The van der Waals surface area contributed by atoms with E-state index in [2.05, 4.69) is 20.6 Å². The minimum absolute atomic E-state index is 0.163. The Balaban J connectivity index is 1.81. The molecule has 5 nitrogen and oxygen atoms in total. The number of alkyl halides is 3. The molecular weight excluding hydrogens is 383 g/mol. The molecule has 10 heteroatoms. The summed E-state index contributed by atoms with van der Waals surface area (Å²) in [4.78, 5) is 19.2. The van der Waals surface area contributed by atoms with E-state index in [1.807, 2.05) is 0 Å². The van der Waals surface area contributed by atoms with Crippen molar-refractivity contribution in [3.8, 4) is 0 Å². The molecular formula is C18H17F5N4O. The molecule has 3 rings (SSSR count). The standard InChI is InChI=1S/C18H17F5N4O/c19-11-5-12(20)7-13(6-11)26-17-25-9-14(15(27-17)18(21,22)23)16(28)24-8-10-3-1-2-4-10/h5-7,9-10H,1-4,8H2,(H,24,28)(H,25,26,27). The van der Waals surface area contributed by atoms with E-state index in [0.717, 1.165) is 44.0 Å². The van der Waals surface area contributed by atoms with Crippen LogP contribution >= 0.6 is 0 Å². The fourth-order valence-corrected chi connectivity index (χ4v) is 3.13. The third-order valence-corrected chi connectivity index (χ3v) is 4.45. The lowest BCUT2D eigenvalue weighted by atomic mass is 10.1. The van der Waals surface area contributed by atoms with E-state index < -0.39 is 40.9 Å². The maximum absolute atomic E-state index is 13.4. The number of benzene rings is 1. The van der Waals surface area contributed by atoms with Crippen LogP contribution in [-0.4, -0.2) is 22.4 Å². The van der Waals surface area contributed by atoms with Crippen molar-refractivity contribution >= 4 is 17.5 Å². The Kier molecular flexibility index (Phi) is 5.76. The molecule has 0 unspecified atom stereocenters. The van der Waals surface area contributed by atoms with E-state index in [1.165, 1.54) is 0 Å². The number of anilines is 2. The van der Waals surface area contributed by atoms with Gasteiger partial charge in [-0.05, 0) is 30.9 Å². The quantitative estimate of drug-likeness (QED) is 0.729. The summed E-state index contributed by atoms with van der Waals surface area (Å²) in [6.07, 6.45) is -0.229. The van der Waals surface area contributed by atoms with Gasteiger partial charge in [-0.25, -0.2) is 18.7 Å². The van der Waals surface area contributed by atoms with Crippen LogP contribution in [-0.2, 0) is 6.18 Å². The van der Waals surface area contributed by atoms with Crippen LogP contribution in [0.15, 0.2) is 24.4 Å². The molecule has 0 aliphatic heterocycles. The average molecular weight is 400 g/mol. The minimum atomic E-state index is -4.91. The molecule has 1 saturated carbocycles. The summed E-state index contributed by atoms with van der Waals surface area (Å²) in [6.45, 7) is 0.290. The Morgan fingerprint density at radius 3 is 2.36 bits per heavy atom. The highest BCUT2D eigenvalue weighted by Gasteiger charge is 2.38. The molecule has 2 N–H and O–H groups in total. The lowest BCUT2D eigenvalue weighted by Gasteiger charge is -2.15. The fraction of sp³-hybridized carbons (Fsp3) is 0.389. The van der Waals surface area contributed by atoms with Crippen molar-refractivity contribution < 1.29 is 26.7 Å².